The number of hydrazine groups is 1. The molecule has 0 radical (unpaired) electrons. The van der Waals surface area contributed by atoms with Crippen LogP contribution in [0.2, 0.25) is 0 Å². The molecular formula is C18H30N4O8. The molecule has 0 unspecified atom stereocenters. The Hall–Kier alpha value is -3.38. The van der Waals surface area contributed by atoms with Crippen LogP contribution in [0.3, 0.4) is 0 Å². The quantitative estimate of drug-likeness (QED) is 0.109. The van der Waals surface area contributed by atoms with Crippen LogP contribution in [0.4, 0.5) is 0 Å². The van der Waals surface area contributed by atoms with Gasteiger partial charge in [0.25, 0.3) is 0 Å². The minimum Gasteiger partial charge on any atom is -0.469 e. The van der Waals surface area contributed by atoms with Crippen LogP contribution in [-0.2, 0) is 33.4 Å². The van der Waals surface area contributed by atoms with Crippen LogP contribution in [0.15, 0.2) is 17.8 Å². The van der Waals surface area contributed by atoms with Gasteiger partial charge in [-0.1, -0.05) is 6.08 Å². The van der Waals surface area contributed by atoms with E-state index in [-0.39, 0.29) is 29.5 Å². The fraction of sp³-hybridized carbons (Fsp3) is 0.444. The predicted octanol–water partition coefficient (Wildman–Crippen LogP) is 0.157. The average Bonchev–Trinajstić information content (AvgIpc) is 3.15. The number of methoxy groups -OCH3 is 3. The van der Waals surface area contributed by atoms with Gasteiger partial charge in [0.05, 0.1) is 33.1 Å². The number of hydrogen-bond donors (Lipinski definition) is 3. The maximum atomic E-state index is 10.8. The highest BCUT2D eigenvalue weighted by Gasteiger charge is 2.12. The van der Waals surface area contributed by atoms with Crippen molar-refractivity contribution in [3.8, 4) is 0 Å². The van der Waals surface area contributed by atoms with E-state index < -0.39 is 11.9 Å². The van der Waals surface area contributed by atoms with Gasteiger partial charge in [0, 0.05) is 5.69 Å². The number of nitrogens with two attached hydrogens (primary N) is 2. The van der Waals surface area contributed by atoms with E-state index >= 15 is 0 Å². The van der Waals surface area contributed by atoms with Gasteiger partial charge in [-0.15, -0.1) is 0 Å². The molecule has 0 saturated carbocycles. The fourth-order valence-corrected chi connectivity index (χ4v) is 1.52. The number of carbonyl (C=O) groups is 5. The Morgan fingerprint density at radius 2 is 1.57 bits per heavy atom. The van der Waals surface area contributed by atoms with Gasteiger partial charge in [0.2, 0.25) is 0 Å². The van der Waals surface area contributed by atoms with Gasteiger partial charge in [0.15, 0.2) is 5.78 Å². The number of ketones is 2. The summed E-state index contributed by atoms with van der Waals surface area (Å²) in [5, 5.41) is 6.30. The third-order valence-electron chi connectivity index (χ3n) is 2.93. The lowest BCUT2D eigenvalue weighted by atomic mass is 10.2. The van der Waals surface area contributed by atoms with Crippen molar-refractivity contribution in [2.75, 3.05) is 21.3 Å². The Morgan fingerprint density at radius 1 is 1.03 bits per heavy atom. The molecule has 0 saturated heterocycles. The van der Waals surface area contributed by atoms with Crippen LogP contribution in [0, 0.1) is 6.92 Å². The summed E-state index contributed by atoms with van der Waals surface area (Å²) in [5.41, 5.74) is 1.32. The van der Waals surface area contributed by atoms with E-state index in [0.29, 0.717) is 5.56 Å². The summed E-state index contributed by atoms with van der Waals surface area (Å²) in [4.78, 5) is 52.4. The highest BCUT2D eigenvalue weighted by molar-refractivity contribution is 6.16. The molecule has 12 heteroatoms. The van der Waals surface area contributed by atoms with Crippen molar-refractivity contribution < 1.29 is 38.2 Å². The molecule has 0 aliphatic heterocycles. The number of hydrogen-bond acceptors (Lipinski definition) is 11. The number of aromatic nitrogens is 2. The zero-order valence-corrected chi connectivity index (χ0v) is 18.2. The smallest absolute Gasteiger partial charge is 0.341 e. The second-order valence-electron chi connectivity index (χ2n) is 5.11. The molecule has 30 heavy (non-hydrogen) atoms. The third-order valence-corrected chi connectivity index (χ3v) is 2.93. The molecule has 0 aliphatic carbocycles. The molecule has 0 atom stereocenters. The Balaban J connectivity index is -0.000000352. The lowest BCUT2D eigenvalue weighted by molar-refractivity contribution is -0.143. The molecule has 0 fully saturated rings. The number of aryl methyl sites for hydroxylation is 1. The number of nitrogens with one attached hydrogen (secondary N) is 1. The number of H-pyrrole nitrogens is 1. The topological polar surface area (TPSA) is 194 Å². The second-order valence-corrected chi connectivity index (χ2v) is 5.11. The number of rotatable bonds is 5. The molecule has 1 heterocycles. The van der Waals surface area contributed by atoms with Gasteiger partial charge in [-0.2, -0.15) is 5.10 Å². The molecule has 0 bridgehead atoms. The van der Waals surface area contributed by atoms with Gasteiger partial charge in [-0.3, -0.25) is 31.2 Å². The highest BCUT2D eigenvalue weighted by Crippen LogP contribution is 2.02. The maximum absolute atomic E-state index is 10.8. The molecular weight excluding hydrogens is 400 g/mol. The fourth-order valence-electron chi connectivity index (χ4n) is 1.52. The normalized spacial score (nSPS) is 9.17. The first kappa shape index (κ1) is 31.3. The lowest BCUT2D eigenvalue weighted by Gasteiger charge is -1.97. The van der Waals surface area contributed by atoms with Crippen LogP contribution < -0.4 is 11.7 Å². The number of allylic oxidation sites excluding steroid dienone is 1. The molecule has 12 nitrogen and oxygen atoms in total. The van der Waals surface area contributed by atoms with Crippen LogP contribution in [0.5, 0.6) is 0 Å². The maximum Gasteiger partial charge on any atom is 0.341 e. The summed E-state index contributed by atoms with van der Waals surface area (Å²) in [7, 11) is 3.84. The average molecular weight is 430 g/mol. The van der Waals surface area contributed by atoms with E-state index in [4.69, 9.17) is 0 Å². The molecule has 1 aromatic rings. The van der Waals surface area contributed by atoms with E-state index in [1.807, 2.05) is 0 Å². The second kappa shape index (κ2) is 19.0. The van der Waals surface area contributed by atoms with Crippen molar-refractivity contribution in [1.29, 1.82) is 0 Å². The Bertz CT molecular complexity index is 726. The standard InChI is InChI=1S/C7H10O3.C6H8N2O2.C5H8O3.H4N2/c1-4-6(5(2)8)7(9)10-3;1-4-5(3-7-8-4)6(9)10-2;1-4(6)3-5(7)8-2;1-2/h4H,1-3H3;3H,1-2H3,(H,7,8);3H2,1-2H3;1-2H2. The molecule has 5 N–H and O–H groups in total. The van der Waals surface area contributed by atoms with Gasteiger partial charge in [-0.05, 0) is 27.7 Å². The molecule has 0 spiro atoms. The predicted molar refractivity (Wildman–Crippen MR) is 107 cm³/mol. The highest BCUT2D eigenvalue weighted by atomic mass is 16.5. The lowest BCUT2D eigenvalue weighted by Crippen LogP contribution is -2.10. The van der Waals surface area contributed by atoms with Gasteiger partial charge in [-0.25, -0.2) is 9.59 Å². The summed E-state index contributed by atoms with van der Waals surface area (Å²) >= 11 is 0. The van der Waals surface area contributed by atoms with E-state index in [2.05, 4.69) is 36.1 Å². The SMILES string of the molecule is CC=C(C(C)=O)C(=O)OC.COC(=O)CC(C)=O.COC(=O)c1cn[nH]c1C.NN. The van der Waals surface area contributed by atoms with Crippen molar-refractivity contribution in [2.24, 2.45) is 11.7 Å². The third kappa shape index (κ3) is 14.6. The summed E-state index contributed by atoms with van der Waals surface area (Å²) in [6, 6.07) is 0. The summed E-state index contributed by atoms with van der Waals surface area (Å²) < 4.78 is 13.0. The summed E-state index contributed by atoms with van der Waals surface area (Å²) in [6.07, 6.45) is 2.77. The van der Waals surface area contributed by atoms with Crippen molar-refractivity contribution in [2.45, 2.75) is 34.1 Å². The Morgan fingerprint density at radius 3 is 1.77 bits per heavy atom. The first-order chi connectivity index (χ1) is 14.0. The van der Waals surface area contributed by atoms with Crippen molar-refractivity contribution in [3.05, 3.63) is 29.1 Å². The van der Waals surface area contributed by atoms with E-state index in [1.165, 1.54) is 47.4 Å². The summed E-state index contributed by atoms with van der Waals surface area (Å²) in [6.45, 7) is 6.05. The van der Waals surface area contributed by atoms with Crippen LogP contribution in [-0.4, -0.2) is 61.0 Å². The van der Waals surface area contributed by atoms with Crippen molar-refractivity contribution >= 4 is 29.5 Å². The van der Waals surface area contributed by atoms with E-state index in [1.54, 1.807) is 13.8 Å². The number of ether oxygens (including phenoxy) is 3. The van der Waals surface area contributed by atoms with E-state index in [0.717, 1.165) is 5.69 Å². The monoisotopic (exact) mass is 430 g/mol. The van der Waals surface area contributed by atoms with Gasteiger partial charge < -0.3 is 14.2 Å². The van der Waals surface area contributed by atoms with Crippen molar-refractivity contribution in [3.63, 3.8) is 0 Å². The van der Waals surface area contributed by atoms with Gasteiger partial charge in [0.1, 0.15) is 17.8 Å². The summed E-state index contributed by atoms with van der Waals surface area (Å²) in [5.74, 6) is 6.16. The minimum atomic E-state index is -0.574. The number of nitrogens with zero attached hydrogens (tertiary/aromatic N) is 1. The van der Waals surface area contributed by atoms with Crippen LogP contribution >= 0.6 is 0 Å². The number of Topliss-reactive ketones (excluding diaryl/α,β-unsaturated/α-hetero) is 2. The minimum absolute atomic E-state index is 0.0995. The molecule has 0 amide bonds. The molecule has 0 aliphatic rings. The Kier molecular flexibility index (Phi) is 19.8. The largest absolute Gasteiger partial charge is 0.469 e. The van der Waals surface area contributed by atoms with Crippen LogP contribution in [0.25, 0.3) is 0 Å². The molecule has 1 rings (SSSR count). The number of carbonyl (C=O) groups excluding carboxylic acids is 5. The number of aromatic amines is 1. The van der Waals surface area contributed by atoms with Crippen LogP contribution in [0.1, 0.15) is 43.2 Å². The zero-order chi connectivity index (χ0) is 24.3. The number of esters is 3. The molecule has 0 aromatic carbocycles. The first-order valence-corrected chi connectivity index (χ1v) is 8.28. The zero-order valence-electron chi connectivity index (χ0n) is 18.2. The van der Waals surface area contributed by atoms with Gasteiger partial charge >= 0.3 is 17.9 Å². The molecule has 1 aromatic heterocycles. The van der Waals surface area contributed by atoms with Crippen molar-refractivity contribution in [1.82, 2.24) is 10.2 Å². The Labute approximate surface area is 174 Å². The molecule has 170 valence electrons. The van der Waals surface area contributed by atoms with E-state index in [9.17, 15) is 24.0 Å². The first-order valence-electron chi connectivity index (χ1n) is 8.28.